The summed E-state index contributed by atoms with van der Waals surface area (Å²) in [5, 5.41) is 9.57. The topological polar surface area (TPSA) is 37.3 Å². The summed E-state index contributed by atoms with van der Waals surface area (Å²) in [5.41, 5.74) is 1.79. The SMILES string of the molecule is CC1=C(O)C(=O)[C@H](Br)[C@H]1c1ccccc1. The number of aliphatic hydroxyl groups is 1. The van der Waals surface area contributed by atoms with Crippen molar-refractivity contribution >= 4 is 21.7 Å². The summed E-state index contributed by atoms with van der Waals surface area (Å²) in [7, 11) is 0. The van der Waals surface area contributed by atoms with Gasteiger partial charge in [0.05, 0.1) is 4.83 Å². The zero-order valence-corrected chi connectivity index (χ0v) is 9.86. The van der Waals surface area contributed by atoms with E-state index in [0.29, 0.717) is 0 Å². The van der Waals surface area contributed by atoms with Crippen molar-refractivity contribution in [1.82, 2.24) is 0 Å². The van der Waals surface area contributed by atoms with Crippen molar-refractivity contribution in [3.8, 4) is 0 Å². The van der Waals surface area contributed by atoms with Crippen molar-refractivity contribution in [2.75, 3.05) is 0 Å². The lowest BCUT2D eigenvalue weighted by Gasteiger charge is -2.14. The van der Waals surface area contributed by atoms with Crippen LogP contribution in [0.4, 0.5) is 0 Å². The second-order valence-electron chi connectivity index (χ2n) is 3.69. The fraction of sp³-hybridized carbons (Fsp3) is 0.250. The Morgan fingerprint density at radius 2 is 1.87 bits per heavy atom. The van der Waals surface area contributed by atoms with Gasteiger partial charge in [-0.05, 0) is 18.1 Å². The van der Waals surface area contributed by atoms with Gasteiger partial charge in [-0.1, -0.05) is 46.3 Å². The normalized spacial score (nSPS) is 26.1. The van der Waals surface area contributed by atoms with Crippen molar-refractivity contribution in [3.63, 3.8) is 0 Å². The molecule has 2 rings (SSSR count). The number of hydrogen-bond acceptors (Lipinski definition) is 2. The molecule has 1 aromatic carbocycles. The van der Waals surface area contributed by atoms with Crippen molar-refractivity contribution in [2.24, 2.45) is 0 Å². The van der Waals surface area contributed by atoms with Gasteiger partial charge in [0.25, 0.3) is 0 Å². The minimum Gasteiger partial charge on any atom is -0.504 e. The van der Waals surface area contributed by atoms with Gasteiger partial charge in [0.15, 0.2) is 5.76 Å². The van der Waals surface area contributed by atoms with Crippen molar-refractivity contribution in [2.45, 2.75) is 17.7 Å². The second kappa shape index (κ2) is 3.81. The average Bonchev–Trinajstić information content (AvgIpc) is 2.45. The molecule has 2 atom stereocenters. The van der Waals surface area contributed by atoms with E-state index in [4.69, 9.17) is 0 Å². The largest absolute Gasteiger partial charge is 0.504 e. The number of halogens is 1. The van der Waals surface area contributed by atoms with Gasteiger partial charge in [-0.25, -0.2) is 0 Å². The highest BCUT2D eigenvalue weighted by Gasteiger charge is 2.39. The Hall–Kier alpha value is -1.09. The molecule has 0 amide bonds. The lowest BCUT2D eigenvalue weighted by atomic mass is 9.93. The summed E-state index contributed by atoms with van der Waals surface area (Å²) in [6, 6.07) is 9.73. The van der Waals surface area contributed by atoms with Gasteiger partial charge in [-0.2, -0.15) is 0 Å². The van der Waals surface area contributed by atoms with Crippen molar-refractivity contribution in [3.05, 3.63) is 47.2 Å². The monoisotopic (exact) mass is 266 g/mol. The quantitative estimate of drug-likeness (QED) is 0.794. The molecule has 78 valence electrons. The molecule has 2 nitrogen and oxygen atoms in total. The standard InChI is InChI=1S/C12H11BrO2/c1-7-9(8-5-3-2-4-6-8)10(13)12(15)11(7)14/h2-6,9-10,14H,1H3/t9-,10-/m1/s1. The van der Waals surface area contributed by atoms with Crippen LogP contribution in [0.1, 0.15) is 18.4 Å². The van der Waals surface area contributed by atoms with Crippen LogP contribution in [0, 0.1) is 0 Å². The van der Waals surface area contributed by atoms with Crippen LogP contribution < -0.4 is 0 Å². The molecule has 1 aliphatic rings. The van der Waals surface area contributed by atoms with E-state index in [0.717, 1.165) is 11.1 Å². The Bertz CT molecular complexity index is 423. The van der Waals surface area contributed by atoms with Crippen LogP contribution in [0.3, 0.4) is 0 Å². The highest BCUT2D eigenvalue weighted by atomic mass is 79.9. The van der Waals surface area contributed by atoms with Crippen LogP contribution in [0.5, 0.6) is 0 Å². The summed E-state index contributed by atoms with van der Waals surface area (Å²) in [4.78, 5) is 11.2. The van der Waals surface area contributed by atoms with Crippen LogP contribution in [0.25, 0.3) is 0 Å². The van der Waals surface area contributed by atoms with Crippen LogP contribution >= 0.6 is 15.9 Å². The molecule has 1 aromatic rings. The number of allylic oxidation sites excluding steroid dienone is 2. The molecular weight excluding hydrogens is 256 g/mol. The predicted octanol–water partition coefficient (Wildman–Crippen LogP) is 2.95. The van der Waals surface area contributed by atoms with E-state index in [1.807, 2.05) is 30.3 Å². The van der Waals surface area contributed by atoms with Gasteiger partial charge >= 0.3 is 0 Å². The Kier molecular flexibility index (Phi) is 2.65. The first-order chi connectivity index (χ1) is 7.13. The van der Waals surface area contributed by atoms with Crippen LogP contribution in [0.15, 0.2) is 41.7 Å². The van der Waals surface area contributed by atoms with E-state index in [2.05, 4.69) is 15.9 Å². The first-order valence-corrected chi connectivity index (χ1v) is 5.67. The Morgan fingerprint density at radius 1 is 1.27 bits per heavy atom. The smallest absolute Gasteiger partial charge is 0.211 e. The molecule has 0 unspecified atom stereocenters. The molecule has 1 N–H and O–H groups in total. The highest BCUT2D eigenvalue weighted by molar-refractivity contribution is 9.10. The maximum absolute atomic E-state index is 11.5. The molecule has 0 fully saturated rings. The van der Waals surface area contributed by atoms with Crippen molar-refractivity contribution < 1.29 is 9.90 Å². The molecule has 0 radical (unpaired) electrons. The van der Waals surface area contributed by atoms with E-state index >= 15 is 0 Å². The van der Waals surface area contributed by atoms with E-state index in [-0.39, 0.29) is 22.3 Å². The van der Waals surface area contributed by atoms with Crippen LogP contribution in [-0.2, 0) is 4.79 Å². The first-order valence-electron chi connectivity index (χ1n) is 4.76. The number of carbonyl (C=O) groups is 1. The Morgan fingerprint density at radius 3 is 2.33 bits per heavy atom. The number of carbonyl (C=O) groups excluding carboxylic acids is 1. The maximum Gasteiger partial charge on any atom is 0.211 e. The molecule has 0 bridgehead atoms. The lowest BCUT2D eigenvalue weighted by molar-refractivity contribution is -0.116. The molecule has 1 aliphatic carbocycles. The highest BCUT2D eigenvalue weighted by Crippen LogP contribution is 2.40. The second-order valence-corrected chi connectivity index (χ2v) is 4.67. The van der Waals surface area contributed by atoms with E-state index in [1.165, 1.54) is 0 Å². The fourth-order valence-electron chi connectivity index (χ4n) is 1.92. The summed E-state index contributed by atoms with van der Waals surface area (Å²) in [6.45, 7) is 1.80. The molecule has 3 heteroatoms. The number of benzene rings is 1. The Labute approximate surface area is 96.7 Å². The molecule has 0 aliphatic heterocycles. The van der Waals surface area contributed by atoms with E-state index < -0.39 is 0 Å². The number of ketones is 1. The fourth-order valence-corrected chi connectivity index (χ4v) is 2.84. The summed E-state index contributed by atoms with van der Waals surface area (Å²) < 4.78 is 0. The van der Waals surface area contributed by atoms with Gasteiger partial charge < -0.3 is 5.11 Å². The molecule has 0 heterocycles. The summed E-state index contributed by atoms with van der Waals surface area (Å²) >= 11 is 3.34. The molecule has 0 spiro atoms. The minimum atomic E-state index is -0.333. The summed E-state index contributed by atoms with van der Waals surface area (Å²) in [6.07, 6.45) is 0. The molecule has 15 heavy (non-hydrogen) atoms. The molecule has 0 saturated heterocycles. The Balaban J connectivity index is 2.44. The average molecular weight is 267 g/mol. The lowest BCUT2D eigenvalue weighted by Crippen LogP contribution is -2.15. The maximum atomic E-state index is 11.5. The van der Waals surface area contributed by atoms with Crippen molar-refractivity contribution in [1.29, 1.82) is 0 Å². The molecular formula is C12H11BrO2. The summed E-state index contributed by atoms with van der Waals surface area (Å²) in [5.74, 6) is -0.356. The third-order valence-corrected chi connectivity index (χ3v) is 3.72. The number of rotatable bonds is 1. The van der Waals surface area contributed by atoms with Gasteiger partial charge in [0, 0.05) is 5.92 Å². The molecule has 0 saturated carbocycles. The minimum absolute atomic E-state index is 0.0429. The van der Waals surface area contributed by atoms with Gasteiger partial charge in [-0.15, -0.1) is 0 Å². The first kappa shape index (κ1) is 10.4. The van der Waals surface area contributed by atoms with Crippen LogP contribution in [0.2, 0.25) is 0 Å². The van der Waals surface area contributed by atoms with Gasteiger partial charge in [0.1, 0.15) is 0 Å². The van der Waals surface area contributed by atoms with Crippen LogP contribution in [-0.4, -0.2) is 15.7 Å². The number of alkyl halides is 1. The zero-order chi connectivity index (χ0) is 11.0. The molecule has 0 aromatic heterocycles. The van der Waals surface area contributed by atoms with E-state index in [9.17, 15) is 9.90 Å². The number of Topliss-reactive ketones (excluding diaryl/α,β-unsaturated/α-hetero) is 1. The van der Waals surface area contributed by atoms with Gasteiger partial charge in [0.2, 0.25) is 5.78 Å². The third-order valence-electron chi connectivity index (χ3n) is 2.78. The predicted molar refractivity (Wildman–Crippen MR) is 62.2 cm³/mol. The number of hydrogen-bond donors (Lipinski definition) is 1. The number of aliphatic hydroxyl groups excluding tert-OH is 1. The van der Waals surface area contributed by atoms with Gasteiger partial charge in [-0.3, -0.25) is 4.79 Å². The third kappa shape index (κ3) is 1.61. The van der Waals surface area contributed by atoms with E-state index in [1.54, 1.807) is 6.92 Å². The zero-order valence-electron chi connectivity index (χ0n) is 8.27.